The highest BCUT2D eigenvalue weighted by Crippen LogP contribution is 2.34. The van der Waals surface area contributed by atoms with Gasteiger partial charge >= 0.3 is 6.03 Å². The van der Waals surface area contributed by atoms with Crippen molar-refractivity contribution in [2.24, 2.45) is 0 Å². The Hall–Kier alpha value is -3.33. The highest BCUT2D eigenvalue weighted by Gasteiger charge is 2.24. The lowest BCUT2D eigenvalue weighted by Crippen LogP contribution is -2.42. The van der Waals surface area contributed by atoms with Crippen LogP contribution in [0.1, 0.15) is 19.4 Å². The Morgan fingerprint density at radius 3 is 2.52 bits per heavy atom. The quantitative estimate of drug-likeness (QED) is 0.546. The number of imide groups is 1. The zero-order chi connectivity index (χ0) is 22.4. The van der Waals surface area contributed by atoms with Crippen LogP contribution in [0.5, 0.6) is 5.75 Å². The minimum absolute atomic E-state index is 0.409. The maximum absolute atomic E-state index is 12.4. The van der Waals surface area contributed by atoms with Crippen LogP contribution in [-0.4, -0.2) is 45.6 Å². The Balaban J connectivity index is 1.99. The second-order valence-corrected chi connectivity index (χ2v) is 8.09. The summed E-state index contributed by atoms with van der Waals surface area (Å²) in [7, 11) is 1.61. The van der Waals surface area contributed by atoms with E-state index in [-0.39, 0.29) is 0 Å². The molecule has 0 spiro atoms. The molecule has 0 radical (unpaired) electrons. The molecule has 3 aromatic rings. The topological polar surface area (TPSA) is 98.1 Å². The molecule has 0 bridgehead atoms. The first kappa shape index (κ1) is 22.4. The summed E-state index contributed by atoms with van der Waals surface area (Å²) in [6.45, 7) is 5.95. The van der Waals surface area contributed by atoms with Crippen LogP contribution >= 0.6 is 11.8 Å². The molecule has 0 fully saturated rings. The summed E-state index contributed by atoms with van der Waals surface area (Å²) < 4.78 is 7.40. The van der Waals surface area contributed by atoms with Gasteiger partial charge in [-0.25, -0.2) is 4.79 Å². The van der Waals surface area contributed by atoms with Crippen LogP contribution in [0.2, 0.25) is 0 Å². The van der Waals surface area contributed by atoms with Crippen molar-refractivity contribution in [2.75, 3.05) is 13.7 Å². The molecule has 0 aliphatic rings. The molecule has 9 heteroatoms. The maximum atomic E-state index is 12.4. The smallest absolute Gasteiger partial charge is 0.321 e. The molecule has 31 heavy (non-hydrogen) atoms. The number of methoxy groups -OCH3 is 1. The number of rotatable bonds is 7. The molecule has 1 aromatic heterocycles. The Bertz CT molecular complexity index is 1070. The summed E-state index contributed by atoms with van der Waals surface area (Å²) in [6.07, 6.45) is 0. The molecular weight excluding hydrogens is 414 g/mol. The van der Waals surface area contributed by atoms with Gasteiger partial charge in [-0.05, 0) is 45.0 Å². The largest absolute Gasteiger partial charge is 0.496 e. The zero-order valence-corrected chi connectivity index (χ0v) is 18.7. The van der Waals surface area contributed by atoms with Crippen LogP contribution in [0, 0.1) is 6.92 Å². The summed E-state index contributed by atoms with van der Waals surface area (Å²) in [4.78, 5) is 24.1. The van der Waals surface area contributed by atoms with Crippen molar-refractivity contribution >= 4 is 23.7 Å². The zero-order valence-electron chi connectivity index (χ0n) is 17.9. The minimum atomic E-state index is -0.568. The number of benzene rings is 2. The van der Waals surface area contributed by atoms with Crippen molar-refractivity contribution in [3.63, 3.8) is 0 Å². The number of para-hydroxylation sites is 1. The minimum Gasteiger partial charge on any atom is -0.496 e. The van der Waals surface area contributed by atoms with Crippen molar-refractivity contribution in [3.05, 3.63) is 54.1 Å². The first-order valence-corrected chi connectivity index (χ1v) is 10.7. The van der Waals surface area contributed by atoms with E-state index in [1.807, 2.05) is 60.0 Å². The Labute approximate surface area is 185 Å². The average molecular weight is 440 g/mol. The SMILES string of the molecule is CCNC(=O)NC(=O)[C@@H](C)Sc1nnc(-c2ccccc2OC)n1-c1ccc(C)cc1. The van der Waals surface area contributed by atoms with Crippen molar-refractivity contribution in [1.29, 1.82) is 0 Å². The van der Waals surface area contributed by atoms with Gasteiger partial charge in [0.15, 0.2) is 11.0 Å². The summed E-state index contributed by atoms with van der Waals surface area (Å²) >= 11 is 1.22. The molecule has 1 heterocycles. The maximum Gasteiger partial charge on any atom is 0.321 e. The summed E-state index contributed by atoms with van der Waals surface area (Å²) in [5, 5.41) is 13.6. The second kappa shape index (κ2) is 10.1. The van der Waals surface area contributed by atoms with E-state index in [1.165, 1.54) is 11.8 Å². The van der Waals surface area contributed by atoms with Gasteiger partial charge in [-0.3, -0.25) is 14.7 Å². The highest BCUT2D eigenvalue weighted by molar-refractivity contribution is 8.00. The predicted octanol–water partition coefficient (Wildman–Crippen LogP) is 3.58. The van der Waals surface area contributed by atoms with Crippen LogP contribution in [-0.2, 0) is 4.79 Å². The van der Waals surface area contributed by atoms with Gasteiger partial charge < -0.3 is 10.1 Å². The Kier molecular flexibility index (Phi) is 7.30. The number of nitrogens with zero attached hydrogens (tertiary/aromatic N) is 3. The fraction of sp³-hybridized carbons (Fsp3) is 0.273. The van der Waals surface area contributed by atoms with Crippen molar-refractivity contribution in [1.82, 2.24) is 25.4 Å². The Morgan fingerprint density at radius 1 is 1.13 bits per heavy atom. The van der Waals surface area contributed by atoms with Gasteiger partial charge in [-0.2, -0.15) is 0 Å². The van der Waals surface area contributed by atoms with Gasteiger partial charge in [-0.1, -0.05) is 41.6 Å². The van der Waals surface area contributed by atoms with Gasteiger partial charge in [0, 0.05) is 12.2 Å². The monoisotopic (exact) mass is 439 g/mol. The fourth-order valence-electron chi connectivity index (χ4n) is 2.91. The lowest BCUT2D eigenvalue weighted by Gasteiger charge is -2.15. The van der Waals surface area contributed by atoms with E-state index in [0.29, 0.717) is 23.3 Å². The van der Waals surface area contributed by atoms with E-state index in [1.54, 1.807) is 21.0 Å². The standard InChI is InChI=1S/C22H25N5O3S/c1-5-23-21(29)24-20(28)15(3)31-22-26-25-19(17-8-6-7-9-18(17)30-4)27(22)16-12-10-14(2)11-13-16/h6-13,15H,5H2,1-4H3,(H2,23,24,28,29)/t15-/m1/s1. The molecule has 3 amide bonds. The third-order valence-electron chi connectivity index (χ3n) is 4.50. The van der Waals surface area contributed by atoms with E-state index in [2.05, 4.69) is 20.8 Å². The summed E-state index contributed by atoms with van der Waals surface area (Å²) in [5.74, 6) is 0.857. The molecule has 0 unspecified atom stereocenters. The van der Waals surface area contributed by atoms with Gasteiger partial charge in [0.2, 0.25) is 5.91 Å². The van der Waals surface area contributed by atoms with E-state index < -0.39 is 17.2 Å². The Morgan fingerprint density at radius 2 is 1.84 bits per heavy atom. The average Bonchev–Trinajstić information content (AvgIpc) is 3.17. The number of urea groups is 1. The molecular formula is C22H25N5O3S. The van der Waals surface area contributed by atoms with E-state index in [4.69, 9.17) is 4.74 Å². The normalized spacial score (nSPS) is 11.6. The molecule has 8 nitrogen and oxygen atoms in total. The molecule has 1 atom stereocenters. The van der Waals surface area contributed by atoms with E-state index >= 15 is 0 Å². The molecule has 0 aliphatic heterocycles. The van der Waals surface area contributed by atoms with Crippen molar-refractivity contribution in [2.45, 2.75) is 31.2 Å². The van der Waals surface area contributed by atoms with Crippen LogP contribution in [0.4, 0.5) is 4.79 Å². The summed E-state index contributed by atoms with van der Waals surface area (Å²) in [5.41, 5.74) is 2.76. The lowest BCUT2D eigenvalue weighted by atomic mass is 10.1. The number of aromatic nitrogens is 3. The fourth-order valence-corrected chi connectivity index (χ4v) is 3.77. The molecule has 2 aromatic carbocycles. The van der Waals surface area contributed by atoms with Crippen LogP contribution in [0.3, 0.4) is 0 Å². The van der Waals surface area contributed by atoms with Crippen molar-refractivity contribution in [3.8, 4) is 22.8 Å². The van der Waals surface area contributed by atoms with E-state index in [0.717, 1.165) is 16.8 Å². The third-order valence-corrected chi connectivity index (χ3v) is 5.54. The van der Waals surface area contributed by atoms with E-state index in [9.17, 15) is 9.59 Å². The molecule has 162 valence electrons. The second-order valence-electron chi connectivity index (χ2n) is 6.79. The number of hydrogen-bond donors (Lipinski definition) is 2. The number of aryl methyl sites for hydroxylation is 1. The van der Waals surface area contributed by atoms with Gasteiger partial charge in [0.25, 0.3) is 0 Å². The molecule has 0 saturated carbocycles. The number of carbonyl (C=O) groups is 2. The number of thioether (sulfide) groups is 1. The van der Waals surface area contributed by atoms with Gasteiger partial charge in [-0.15, -0.1) is 10.2 Å². The first-order chi connectivity index (χ1) is 14.9. The number of nitrogens with one attached hydrogen (secondary N) is 2. The van der Waals surface area contributed by atoms with Gasteiger partial charge in [0.05, 0.1) is 17.9 Å². The lowest BCUT2D eigenvalue weighted by molar-refractivity contribution is -0.119. The molecule has 0 aliphatic carbocycles. The molecule has 2 N–H and O–H groups in total. The van der Waals surface area contributed by atoms with Gasteiger partial charge in [0.1, 0.15) is 5.75 Å². The number of hydrogen-bond acceptors (Lipinski definition) is 6. The number of carbonyl (C=O) groups excluding carboxylic acids is 2. The molecule has 0 saturated heterocycles. The molecule has 3 rings (SSSR count). The highest BCUT2D eigenvalue weighted by atomic mass is 32.2. The number of ether oxygens (including phenoxy) is 1. The van der Waals surface area contributed by atoms with Crippen LogP contribution < -0.4 is 15.4 Å². The van der Waals surface area contributed by atoms with Crippen LogP contribution in [0.25, 0.3) is 17.1 Å². The summed E-state index contributed by atoms with van der Waals surface area (Å²) in [6, 6.07) is 15.0. The van der Waals surface area contributed by atoms with Crippen LogP contribution in [0.15, 0.2) is 53.7 Å². The number of amides is 3. The first-order valence-electron chi connectivity index (χ1n) is 9.85. The predicted molar refractivity (Wildman–Crippen MR) is 121 cm³/mol. The van der Waals surface area contributed by atoms with Crippen molar-refractivity contribution < 1.29 is 14.3 Å². The third kappa shape index (κ3) is 5.24.